The maximum absolute atomic E-state index is 5.42. The van der Waals surface area contributed by atoms with Gasteiger partial charge in [-0.05, 0) is 19.3 Å². The average molecular weight is 290 g/mol. The molecule has 4 rings (SSSR count). The second-order valence-corrected chi connectivity index (χ2v) is 6.52. The second-order valence-electron chi connectivity index (χ2n) is 6.52. The highest BCUT2D eigenvalue weighted by molar-refractivity contribution is 5.24. The Labute approximate surface area is 126 Å². The number of morpholine rings is 1. The first-order valence-electron chi connectivity index (χ1n) is 8.51. The fourth-order valence-corrected chi connectivity index (χ4v) is 3.57. The summed E-state index contributed by atoms with van der Waals surface area (Å²) >= 11 is 0. The number of ether oxygens (including phenoxy) is 1. The van der Waals surface area contributed by atoms with Gasteiger partial charge in [0.25, 0.3) is 0 Å². The molecule has 116 valence electrons. The molecule has 0 unspecified atom stereocenters. The van der Waals surface area contributed by atoms with Crippen molar-refractivity contribution in [3.63, 3.8) is 0 Å². The lowest BCUT2D eigenvalue weighted by atomic mass is 10.2. The minimum absolute atomic E-state index is 0.749. The molecule has 1 aliphatic carbocycles. The Morgan fingerprint density at radius 2 is 2.05 bits per heavy atom. The zero-order valence-corrected chi connectivity index (χ0v) is 12.8. The minimum Gasteiger partial charge on any atom is -0.379 e. The van der Waals surface area contributed by atoms with Crippen LogP contribution in [-0.2, 0) is 24.2 Å². The van der Waals surface area contributed by atoms with E-state index in [1.807, 2.05) is 0 Å². The van der Waals surface area contributed by atoms with Crippen LogP contribution in [0.4, 0.5) is 0 Å². The highest BCUT2D eigenvalue weighted by Crippen LogP contribution is 2.40. The lowest BCUT2D eigenvalue weighted by Gasteiger charge is -2.26. The van der Waals surface area contributed by atoms with Gasteiger partial charge in [0.15, 0.2) is 0 Å². The number of nitrogens with zero attached hydrogens (tertiary/aromatic N) is 3. The van der Waals surface area contributed by atoms with Crippen LogP contribution in [0.15, 0.2) is 0 Å². The standard InChI is InChI=1S/C16H26N4O/c1(6-19-8-10-21-11-9-19)7-20-15-4-5-17-12-14(15)18-16(20)13-2-3-13/h13,17H,1-12H2. The molecule has 1 saturated carbocycles. The first-order chi connectivity index (χ1) is 10.4. The van der Waals surface area contributed by atoms with Gasteiger partial charge in [0.1, 0.15) is 5.82 Å². The molecular weight excluding hydrogens is 264 g/mol. The zero-order valence-electron chi connectivity index (χ0n) is 12.8. The molecule has 1 aromatic rings. The number of hydrogen-bond acceptors (Lipinski definition) is 4. The van der Waals surface area contributed by atoms with Gasteiger partial charge >= 0.3 is 0 Å². The van der Waals surface area contributed by atoms with Gasteiger partial charge in [0.2, 0.25) is 0 Å². The van der Waals surface area contributed by atoms with Crippen molar-refractivity contribution in [1.29, 1.82) is 0 Å². The van der Waals surface area contributed by atoms with E-state index in [1.54, 1.807) is 0 Å². The molecule has 0 spiro atoms. The molecule has 21 heavy (non-hydrogen) atoms. The van der Waals surface area contributed by atoms with Gasteiger partial charge in [-0.25, -0.2) is 4.98 Å². The van der Waals surface area contributed by atoms with Crippen molar-refractivity contribution in [2.24, 2.45) is 0 Å². The summed E-state index contributed by atoms with van der Waals surface area (Å²) in [4.78, 5) is 7.48. The zero-order chi connectivity index (χ0) is 14.1. The summed E-state index contributed by atoms with van der Waals surface area (Å²) in [5.41, 5.74) is 2.83. The highest BCUT2D eigenvalue weighted by atomic mass is 16.5. The molecule has 1 aromatic heterocycles. The van der Waals surface area contributed by atoms with Crippen LogP contribution in [0, 0.1) is 0 Å². The van der Waals surface area contributed by atoms with Crippen LogP contribution in [0.3, 0.4) is 0 Å². The van der Waals surface area contributed by atoms with Crippen LogP contribution >= 0.6 is 0 Å². The maximum Gasteiger partial charge on any atom is 0.112 e. The van der Waals surface area contributed by atoms with Gasteiger partial charge in [0.05, 0.1) is 18.9 Å². The average Bonchev–Trinajstić information content (AvgIpc) is 3.31. The Kier molecular flexibility index (Phi) is 3.97. The van der Waals surface area contributed by atoms with Crippen molar-refractivity contribution in [3.05, 3.63) is 17.2 Å². The molecule has 3 heterocycles. The Morgan fingerprint density at radius 3 is 2.86 bits per heavy atom. The molecule has 5 heteroatoms. The van der Waals surface area contributed by atoms with E-state index in [1.165, 1.54) is 43.0 Å². The van der Waals surface area contributed by atoms with Crippen molar-refractivity contribution in [2.45, 2.75) is 44.7 Å². The predicted octanol–water partition coefficient (Wildman–Crippen LogP) is 1.13. The molecule has 1 saturated heterocycles. The molecule has 0 radical (unpaired) electrons. The number of aromatic nitrogens is 2. The van der Waals surface area contributed by atoms with Crippen molar-refractivity contribution >= 4 is 0 Å². The molecule has 5 nitrogen and oxygen atoms in total. The molecule has 0 atom stereocenters. The van der Waals surface area contributed by atoms with Crippen molar-refractivity contribution in [3.8, 4) is 0 Å². The molecule has 0 amide bonds. The van der Waals surface area contributed by atoms with Crippen molar-refractivity contribution in [1.82, 2.24) is 19.8 Å². The lowest BCUT2D eigenvalue weighted by molar-refractivity contribution is 0.0369. The van der Waals surface area contributed by atoms with Gasteiger partial charge in [-0.2, -0.15) is 0 Å². The predicted molar refractivity (Wildman–Crippen MR) is 81.5 cm³/mol. The lowest BCUT2D eigenvalue weighted by Crippen LogP contribution is -2.37. The first kappa shape index (κ1) is 13.7. The SMILES string of the molecule is C(CN1CCOCC1)Cn1c(C2CC2)nc2c1CCNC2. The number of hydrogen-bond donors (Lipinski definition) is 1. The normalized spacial score (nSPS) is 23.2. The summed E-state index contributed by atoms with van der Waals surface area (Å²) < 4.78 is 7.99. The first-order valence-corrected chi connectivity index (χ1v) is 8.51. The molecule has 0 bridgehead atoms. The number of imidazole rings is 1. The summed E-state index contributed by atoms with van der Waals surface area (Å²) in [6.45, 7) is 8.41. The Balaban J connectivity index is 1.42. The van der Waals surface area contributed by atoms with Crippen LogP contribution in [-0.4, -0.2) is 53.8 Å². The summed E-state index contributed by atoms with van der Waals surface area (Å²) in [5.74, 6) is 2.13. The van der Waals surface area contributed by atoms with Crippen LogP contribution in [0.5, 0.6) is 0 Å². The summed E-state index contributed by atoms with van der Waals surface area (Å²) in [7, 11) is 0. The molecule has 2 fully saturated rings. The number of nitrogens with one attached hydrogen (secondary N) is 1. The third kappa shape index (κ3) is 3.00. The molecule has 3 aliphatic rings. The van der Waals surface area contributed by atoms with E-state index < -0.39 is 0 Å². The largest absolute Gasteiger partial charge is 0.379 e. The molecular formula is C16H26N4O. The monoisotopic (exact) mass is 290 g/mol. The maximum atomic E-state index is 5.42. The van der Waals surface area contributed by atoms with Crippen molar-refractivity contribution in [2.75, 3.05) is 39.4 Å². The Hall–Kier alpha value is -0.910. The minimum atomic E-state index is 0.749. The topological polar surface area (TPSA) is 42.3 Å². The van der Waals surface area contributed by atoms with Gasteiger partial charge in [-0.1, -0.05) is 0 Å². The van der Waals surface area contributed by atoms with Gasteiger partial charge in [-0.3, -0.25) is 4.90 Å². The van der Waals surface area contributed by atoms with E-state index in [4.69, 9.17) is 9.72 Å². The molecule has 1 N–H and O–H groups in total. The number of rotatable bonds is 5. The van der Waals surface area contributed by atoms with Crippen LogP contribution < -0.4 is 5.32 Å². The van der Waals surface area contributed by atoms with E-state index in [0.717, 1.165) is 58.3 Å². The van der Waals surface area contributed by atoms with E-state index in [0.29, 0.717) is 0 Å². The van der Waals surface area contributed by atoms with E-state index in [9.17, 15) is 0 Å². The third-order valence-corrected chi connectivity index (χ3v) is 4.92. The Bertz CT molecular complexity index is 489. The molecule has 0 aromatic carbocycles. The summed E-state index contributed by atoms with van der Waals surface area (Å²) in [5, 5.41) is 3.45. The van der Waals surface area contributed by atoms with Crippen molar-refractivity contribution < 1.29 is 4.74 Å². The smallest absolute Gasteiger partial charge is 0.112 e. The van der Waals surface area contributed by atoms with E-state index in [-0.39, 0.29) is 0 Å². The second kappa shape index (κ2) is 6.07. The van der Waals surface area contributed by atoms with E-state index >= 15 is 0 Å². The number of fused-ring (bicyclic) bond motifs is 1. The van der Waals surface area contributed by atoms with E-state index in [2.05, 4.69) is 14.8 Å². The van der Waals surface area contributed by atoms with Gasteiger partial charge < -0.3 is 14.6 Å². The van der Waals surface area contributed by atoms with Crippen LogP contribution in [0.2, 0.25) is 0 Å². The quantitative estimate of drug-likeness (QED) is 0.883. The van der Waals surface area contributed by atoms with Crippen LogP contribution in [0.1, 0.15) is 42.4 Å². The summed E-state index contributed by atoms with van der Waals surface area (Å²) in [6.07, 6.45) is 5.06. The fraction of sp³-hybridized carbons (Fsp3) is 0.812. The molecule has 2 aliphatic heterocycles. The third-order valence-electron chi connectivity index (χ3n) is 4.92. The highest BCUT2D eigenvalue weighted by Gasteiger charge is 2.31. The summed E-state index contributed by atoms with van der Waals surface area (Å²) in [6, 6.07) is 0. The van der Waals surface area contributed by atoms with Gasteiger partial charge in [-0.15, -0.1) is 0 Å². The van der Waals surface area contributed by atoms with Crippen LogP contribution in [0.25, 0.3) is 0 Å². The Morgan fingerprint density at radius 1 is 1.19 bits per heavy atom. The fourth-order valence-electron chi connectivity index (χ4n) is 3.57. The van der Waals surface area contributed by atoms with Gasteiger partial charge in [0, 0.05) is 57.3 Å².